The van der Waals surface area contributed by atoms with Crippen molar-refractivity contribution in [1.29, 1.82) is 0 Å². The summed E-state index contributed by atoms with van der Waals surface area (Å²) >= 11 is 0. The second-order valence-electron chi connectivity index (χ2n) is 16.1. The third kappa shape index (κ3) is 4.01. The molecule has 3 heterocycles. The van der Waals surface area contributed by atoms with Gasteiger partial charge in [0, 0.05) is 39.8 Å². The molecule has 7 aromatic carbocycles. The van der Waals surface area contributed by atoms with E-state index in [0.717, 1.165) is 0 Å². The Morgan fingerprint density at radius 3 is 1.72 bits per heavy atom. The van der Waals surface area contributed by atoms with Gasteiger partial charge in [0.2, 0.25) is 0 Å². The Morgan fingerprint density at radius 1 is 0.472 bits per heavy atom. The highest BCUT2D eigenvalue weighted by Crippen LogP contribution is 2.56. The molecule has 1 aliphatic carbocycles. The maximum atomic E-state index is 2.67. The van der Waals surface area contributed by atoms with Crippen LogP contribution in [-0.2, 0) is 5.41 Å². The van der Waals surface area contributed by atoms with Crippen LogP contribution >= 0.6 is 0 Å². The van der Waals surface area contributed by atoms with Gasteiger partial charge in [0.15, 0.2) is 0 Å². The zero-order valence-electron chi connectivity index (χ0n) is 30.6. The fourth-order valence-electron chi connectivity index (χ4n) is 10.5. The van der Waals surface area contributed by atoms with Gasteiger partial charge >= 0.3 is 0 Å². The second-order valence-corrected chi connectivity index (χ2v) is 16.1. The molecule has 0 atom stereocenters. The Hall–Kier alpha value is -6.00. The van der Waals surface area contributed by atoms with Gasteiger partial charge < -0.3 is 14.7 Å². The van der Waals surface area contributed by atoms with Crippen LogP contribution in [0, 0.1) is 0 Å². The molecule has 53 heavy (non-hydrogen) atoms. The fraction of sp³-hybridized carbons (Fsp3) is 0.143. The van der Waals surface area contributed by atoms with E-state index in [-0.39, 0.29) is 18.0 Å². The molecule has 7 aromatic rings. The zero-order chi connectivity index (χ0) is 35.6. The summed E-state index contributed by atoms with van der Waals surface area (Å²) < 4.78 is 0. The number of fused-ring (bicyclic) bond motifs is 6. The molecule has 254 valence electrons. The quantitative estimate of drug-likeness (QED) is 0.172. The molecule has 0 saturated carbocycles. The van der Waals surface area contributed by atoms with Gasteiger partial charge in [0.05, 0.1) is 11.4 Å². The van der Waals surface area contributed by atoms with Gasteiger partial charge in [0.25, 0.3) is 6.71 Å². The summed E-state index contributed by atoms with van der Waals surface area (Å²) in [5, 5.41) is 0. The number of anilines is 7. The lowest BCUT2D eigenvalue weighted by atomic mass is 9.33. The van der Waals surface area contributed by atoms with E-state index in [2.05, 4.69) is 206 Å². The Labute approximate surface area is 312 Å². The van der Waals surface area contributed by atoms with Crippen LogP contribution in [0.2, 0.25) is 0 Å². The van der Waals surface area contributed by atoms with Gasteiger partial charge in [-0.3, -0.25) is 0 Å². The highest BCUT2D eigenvalue weighted by atomic mass is 15.5. The Morgan fingerprint density at radius 2 is 1.02 bits per heavy atom. The molecule has 0 N–H and O–H groups in total. The number of hydrogen-bond donors (Lipinski definition) is 0. The van der Waals surface area contributed by atoms with Crippen LogP contribution in [-0.4, -0.2) is 12.4 Å². The summed E-state index contributed by atoms with van der Waals surface area (Å²) in [6.45, 7) is 9.65. The molecule has 0 saturated heterocycles. The van der Waals surface area contributed by atoms with Crippen molar-refractivity contribution in [3.8, 4) is 0 Å². The van der Waals surface area contributed by atoms with Crippen LogP contribution in [0.4, 0.5) is 39.8 Å². The van der Waals surface area contributed by atoms with Crippen molar-refractivity contribution in [1.82, 2.24) is 0 Å². The molecule has 0 aromatic heterocycles. The molecule has 0 unspecified atom stereocenters. The normalized spacial score (nSPS) is 16.8. The van der Waals surface area contributed by atoms with Crippen LogP contribution in [0.5, 0.6) is 0 Å². The van der Waals surface area contributed by atoms with Crippen LogP contribution < -0.4 is 31.1 Å². The van der Waals surface area contributed by atoms with Gasteiger partial charge in [-0.1, -0.05) is 129 Å². The van der Waals surface area contributed by atoms with Crippen molar-refractivity contribution in [3.63, 3.8) is 0 Å². The van der Waals surface area contributed by atoms with Gasteiger partial charge in [-0.25, -0.2) is 0 Å². The number of nitrogens with zero attached hydrogens (tertiary/aromatic N) is 3. The van der Waals surface area contributed by atoms with E-state index in [9.17, 15) is 0 Å². The van der Waals surface area contributed by atoms with Crippen molar-refractivity contribution in [2.24, 2.45) is 0 Å². The predicted octanol–water partition coefficient (Wildman–Crippen LogP) is 10.1. The molecule has 0 amide bonds. The van der Waals surface area contributed by atoms with Crippen molar-refractivity contribution < 1.29 is 0 Å². The summed E-state index contributed by atoms with van der Waals surface area (Å²) in [5.74, 6) is 0.0813. The minimum absolute atomic E-state index is 0.0813. The average molecular weight is 682 g/mol. The van der Waals surface area contributed by atoms with Gasteiger partial charge in [-0.2, -0.15) is 0 Å². The maximum absolute atomic E-state index is 2.67. The van der Waals surface area contributed by atoms with E-state index in [4.69, 9.17) is 0 Å². The molecule has 0 spiro atoms. The third-order valence-corrected chi connectivity index (χ3v) is 12.6. The van der Waals surface area contributed by atoms with Crippen LogP contribution in [0.15, 0.2) is 164 Å². The van der Waals surface area contributed by atoms with Crippen molar-refractivity contribution in [3.05, 3.63) is 192 Å². The highest BCUT2D eigenvalue weighted by Gasteiger charge is 2.53. The fourth-order valence-corrected chi connectivity index (χ4v) is 10.5. The first-order valence-corrected chi connectivity index (χ1v) is 18.9. The van der Waals surface area contributed by atoms with E-state index in [0.29, 0.717) is 0 Å². The summed E-state index contributed by atoms with van der Waals surface area (Å²) in [6, 6.07) is 61.4. The van der Waals surface area contributed by atoms with E-state index in [1.54, 1.807) is 0 Å². The molecule has 4 heteroatoms. The number of rotatable bonds is 3. The molecule has 0 bridgehead atoms. The largest absolute Gasteiger partial charge is 0.317 e. The first-order chi connectivity index (χ1) is 25.9. The van der Waals surface area contributed by atoms with Gasteiger partial charge in [-0.05, 0) is 107 Å². The van der Waals surface area contributed by atoms with E-state index in [1.807, 2.05) is 0 Å². The zero-order valence-corrected chi connectivity index (χ0v) is 30.6. The molecule has 0 radical (unpaired) electrons. The second kappa shape index (κ2) is 10.8. The minimum Gasteiger partial charge on any atom is -0.317 e. The molecule has 3 aliphatic heterocycles. The first-order valence-electron chi connectivity index (χ1n) is 18.9. The summed E-state index contributed by atoms with van der Waals surface area (Å²) in [4.78, 5) is 7.76. The topological polar surface area (TPSA) is 9.72 Å². The monoisotopic (exact) mass is 681 g/mol. The number of benzene rings is 7. The van der Waals surface area contributed by atoms with E-state index >= 15 is 0 Å². The lowest BCUT2D eigenvalue weighted by molar-refractivity contribution is 0.540. The molecule has 0 fully saturated rings. The predicted molar refractivity (Wildman–Crippen MR) is 223 cm³/mol. The molecule has 4 aliphatic rings. The van der Waals surface area contributed by atoms with Crippen LogP contribution in [0.1, 0.15) is 61.4 Å². The third-order valence-electron chi connectivity index (χ3n) is 12.6. The average Bonchev–Trinajstić information content (AvgIpc) is 3.43. The summed E-state index contributed by atoms with van der Waals surface area (Å²) in [7, 11) is 0. The Bertz CT molecular complexity index is 2560. The number of hydrogen-bond acceptors (Lipinski definition) is 3. The highest BCUT2D eigenvalue weighted by molar-refractivity contribution is 7.00. The van der Waals surface area contributed by atoms with Gasteiger partial charge in [0.1, 0.15) is 5.66 Å². The Balaban J connectivity index is 1.26. The van der Waals surface area contributed by atoms with E-state index in [1.165, 1.54) is 84.0 Å². The smallest absolute Gasteiger partial charge is 0.252 e. The lowest BCUT2D eigenvalue weighted by Gasteiger charge is -2.48. The molecule has 11 rings (SSSR count). The first kappa shape index (κ1) is 30.6. The van der Waals surface area contributed by atoms with Crippen LogP contribution in [0.25, 0.3) is 0 Å². The summed E-state index contributed by atoms with van der Waals surface area (Å²) in [6.07, 6.45) is 0. The SMILES string of the molecule is CC1(C)c2ccccc2C(c2cc3c4c(c2)N2c5c(cccc5N(c5ccccc5)C2(C)C)B4c2ccccc2N3c2ccccc2)c2ccccc21. The van der Waals surface area contributed by atoms with Gasteiger partial charge in [-0.15, -0.1) is 0 Å². The van der Waals surface area contributed by atoms with Crippen molar-refractivity contribution in [2.75, 3.05) is 14.7 Å². The van der Waals surface area contributed by atoms with Crippen molar-refractivity contribution >= 4 is 62.9 Å². The van der Waals surface area contributed by atoms with E-state index < -0.39 is 5.66 Å². The van der Waals surface area contributed by atoms with Crippen molar-refractivity contribution in [2.45, 2.75) is 44.7 Å². The molecular formula is C49H40BN3. The maximum Gasteiger partial charge on any atom is 0.252 e. The minimum atomic E-state index is -0.393. The lowest BCUT2D eigenvalue weighted by Crippen LogP contribution is -2.63. The number of para-hydroxylation sites is 4. The standard InChI is InChI=1S/C49H40BN3/c1-48(2)37-24-13-11-22-35(37)45(36-23-12-14-25-38(36)48)32-30-43-46-44(31-32)53-47-40(27-17-29-42(47)52(49(53,3)4)34-20-9-6-10-21-34)50(46)39-26-15-16-28-41(39)51(43)33-18-7-5-8-19-33/h5-31,45H,1-4H3. The Kier molecular flexibility index (Phi) is 6.22. The summed E-state index contributed by atoms with van der Waals surface area (Å²) in [5.41, 5.74) is 19.3. The molecular weight excluding hydrogens is 641 g/mol. The molecule has 3 nitrogen and oxygen atoms in total. The van der Waals surface area contributed by atoms with Crippen LogP contribution in [0.3, 0.4) is 0 Å².